The first-order valence-electron chi connectivity index (χ1n) is 9.15. The minimum atomic E-state index is -4.61. The number of carbonyl (C=O) groups excluding carboxylic acids is 2. The molecular formula is C20H20F3N3O3. The number of likely N-dealkylation sites (tertiary alicyclic amines) is 1. The number of nitrogens with zero attached hydrogens (tertiary/aromatic N) is 2. The van der Waals surface area contributed by atoms with Crippen LogP contribution in [0.1, 0.15) is 18.4 Å². The Morgan fingerprint density at radius 3 is 2.52 bits per heavy atom. The Balaban J connectivity index is 1.66. The van der Waals surface area contributed by atoms with Crippen molar-refractivity contribution in [3.8, 4) is 0 Å². The van der Waals surface area contributed by atoms with E-state index in [1.54, 1.807) is 24.3 Å². The Hall–Kier alpha value is -3.10. The fourth-order valence-corrected chi connectivity index (χ4v) is 3.25. The van der Waals surface area contributed by atoms with Gasteiger partial charge < -0.3 is 14.8 Å². The van der Waals surface area contributed by atoms with Crippen molar-refractivity contribution in [1.29, 1.82) is 0 Å². The highest BCUT2D eigenvalue weighted by Gasteiger charge is 2.32. The van der Waals surface area contributed by atoms with Crippen LogP contribution in [0, 0.1) is 5.92 Å². The molecule has 2 amide bonds. The number of aromatic nitrogens is 1. The zero-order valence-electron chi connectivity index (χ0n) is 15.5. The van der Waals surface area contributed by atoms with E-state index >= 15 is 0 Å². The maximum absolute atomic E-state index is 12.9. The minimum absolute atomic E-state index is 0.158. The molecule has 0 spiro atoms. The van der Waals surface area contributed by atoms with Crippen LogP contribution in [0.3, 0.4) is 0 Å². The third-order valence-corrected chi connectivity index (χ3v) is 4.80. The fraction of sp³-hybridized carbons (Fsp3) is 0.350. The summed E-state index contributed by atoms with van der Waals surface area (Å²) in [5, 5.41) is 2.80. The van der Waals surface area contributed by atoms with Crippen molar-refractivity contribution < 1.29 is 22.8 Å². The quantitative estimate of drug-likeness (QED) is 0.847. The number of pyridine rings is 1. The maximum atomic E-state index is 12.9. The number of para-hydroxylation sites is 1. The van der Waals surface area contributed by atoms with E-state index in [0.717, 1.165) is 10.6 Å². The Kier molecular flexibility index (Phi) is 6.05. The number of alkyl halides is 3. The first-order valence-corrected chi connectivity index (χ1v) is 9.15. The van der Waals surface area contributed by atoms with Crippen LogP contribution < -0.4 is 10.9 Å². The average molecular weight is 407 g/mol. The molecule has 1 N–H and O–H groups in total. The van der Waals surface area contributed by atoms with Gasteiger partial charge in [0.05, 0.1) is 11.5 Å². The third-order valence-electron chi connectivity index (χ3n) is 4.80. The van der Waals surface area contributed by atoms with Gasteiger partial charge in [0.2, 0.25) is 11.8 Å². The Bertz CT molecular complexity index is 941. The molecule has 1 saturated heterocycles. The number of benzene rings is 1. The molecule has 1 atom stereocenters. The van der Waals surface area contributed by atoms with Crippen LogP contribution in [-0.2, 0) is 22.3 Å². The molecule has 0 bridgehead atoms. The lowest BCUT2D eigenvalue weighted by Gasteiger charge is -2.32. The summed E-state index contributed by atoms with van der Waals surface area (Å²) in [6.45, 7) is 0.0443. The monoisotopic (exact) mass is 407 g/mol. The molecule has 0 saturated carbocycles. The van der Waals surface area contributed by atoms with Gasteiger partial charge in [0.1, 0.15) is 6.54 Å². The smallest absolute Gasteiger partial charge is 0.340 e. The molecule has 9 heteroatoms. The topological polar surface area (TPSA) is 71.4 Å². The van der Waals surface area contributed by atoms with Crippen molar-refractivity contribution in [3.63, 3.8) is 0 Å². The molecule has 2 aromatic rings. The molecular weight excluding hydrogens is 387 g/mol. The van der Waals surface area contributed by atoms with Gasteiger partial charge in [-0.2, -0.15) is 13.2 Å². The Morgan fingerprint density at radius 2 is 1.83 bits per heavy atom. The Labute approximate surface area is 164 Å². The van der Waals surface area contributed by atoms with Gasteiger partial charge in [0.15, 0.2) is 0 Å². The van der Waals surface area contributed by atoms with Gasteiger partial charge in [0.25, 0.3) is 5.56 Å². The molecule has 1 unspecified atom stereocenters. The van der Waals surface area contributed by atoms with E-state index in [1.807, 2.05) is 6.07 Å². The molecule has 1 aromatic carbocycles. The van der Waals surface area contributed by atoms with E-state index in [9.17, 15) is 27.6 Å². The number of halogens is 3. The normalized spacial score (nSPS) is 17.1. The number of hydrogen-bond acceptors (Lipinski definition) is 3. The van der Waals surface area contributed by atoms with Crippen molar-refractivity contribution in [1.82, 2.24) is 9.47 Å². The molecule has 0 radical (unpaired) electrons. The molecule has 1 aliphatic rings. The largest absolute Gasteiger partial charge is 0.417 e. The van der Waals surface area contributed by atoms with Crippen molar-refractivity contribution >= 4 is 17.5 Å². The SMILES string of the molecule is O=C(Nc1ccccc1)C1CCCN(C(=O)Cn2cc(C(F)(F)F)ccc2=O)C1. The molecule has 2 heterocycles. The second-order valence-corrected chi connectivity index (χ2v) is 6.92. The summed E-state index contributed by atoms with van der Waals surface area (Å²) in [7, 11) is 0. The fourth-order valence-electron chi connectivity index (χ4n) is 3.25. The number of carbonyl (C=O) groups is 2. The first kappa shape index (κ1) is 20.6. The van der Waals surface area contributed by atoms with Gasteiger partial charge in [-0.1, -0.05) is 18.2 Å². The number of piperidine rings is 1. The minimum Gasteiger partial charge on any atom is -0.340 e. The van der Waals surface area contributed by atoms with E-state index < -0.39 is 35.7 Å². The summed E-state index contributed by atoms with van der Waals surface area (Å²) in [6, 6.07) is 10.4. The molecule has 3 rings (SSSR count). The summed E-state index contributed by atoms with van der Waals surface area (Å²) in [6.07, 6.45) is -2.77. The van der Waals surface area contributed by atoms with Gasteiger partial charge in [0, 0.05) is 31.0 Å². The zero-order chi connectivity index (χ0) is 21.0. The molecule has 29 heavy (non-hydrogen) atoms. The molecule has 0 aliphatic carbocycles. The number of hydrogen-bond donors (Lipinski definition) is 1. The number of anilines is 1. The van der Waals surface area contributed by atoms with Crippen LogP contribution in [0.15, 0.2) is 53.5 Å². The summed E-state index contributed by atoms with van der Waals surface area (Å²) in [4.78, 5) is 38.3. The van der Waals surface area contributed by atoms with Gasteiger partial charge >= 0.3 is 6.18 Å². The van der Waals surface area contributed by atoms with Gasteiger partial charge in [-0.05, 0) is 31.0 Å². The number of rotatable bonds is 4. The summed E-state index contributed by atoms with van der Waals surface area (Å²) >= 11 is 0. The molecule has 1 aliphatic heterocycles. The third kappa shape index (κ3) is 5.24. The van der Waals surface area contributed by atoms with Crippen molar-refractivity contribution in [2.75, 3.05) is 18.4 Å². The lowest BCUT2D eigenvalue weighted by molar-refractivity contribution is -0.139. The second kappa shape index (κ2) is 8.50. The van der Waals surface area contributed by atoms with Crippen LogP contribution in [0.2, 0.25) is 0 Å². The molecule has 1 aromatic heterocycles. The van der Waals surface area contributed by atoms with E-state index in [-0.39, 0.29) is 12.5 Å². The van der Waals surface area contributed by atoms with Crippen molar-refractivity contribution in [3.05, 3.63) is 64.6 Å². The number of amides is 2. The highest BCUT2D eigenvalue weighted by molar-refractivity contribution is 5.93. The van der Waals surface area contributed by atoms with Crippen LogP contribution in [0.25, 0.3) is 0 Å². The maximum Gasteiger partial charge on any atom is 0.417 e. The van der Waals surface area contributed by atoms with Crippen LogP contribution in [0.5, 0.6) is 0 Å². The predicted molar refractivity (Wildman–Crippen MR) is 100 cm³/mol. The van der Waals surface area contributed by atoms with Crippen LogP contribution in [-0.4, -0.2) is 34.4 Å². The first-order chi connectivity index (χ1) is 13.7. The van der Waals surface area contributed by atoms with Crippen molar-refractivity contribution in [2.24, 2.45) is 5.92 Å². The van der Waals surface area contributed by atoms with Gasteiger partial charge in [-0.15, -0.1) is 0 Å². The average Bonchev–Trinajstić information content (AvgIpc) is 2.69. The van der Waals surface area contributed by atoms with E-state index in [0.29, 0.717) is 37.3 Å². The molecule has 6 nitrogen and oxygen atoms in total. The highest BCUT2D eigenvalue weighted by Crippen LogP contribution is 2.28. The zero-order valence-corrected chi connectivity index (χ0v) is 15.5. The van der Waals surface area contributed by atoms with E-state index in [2.05, 4.69) is 5.32 Å². The Morgan fingerprint density at radius 1 is 1.10 bits per heavy atom. The summed E-state index contributed by atoms with van der Waals surface area (Å²) in [5.74, 6) is -1.14. The van der Waals surface area contributed by atoms with E-state index in [4.69, 9.17) is 0 Å². The highest BCUT2D eigenvalue weighted by atomic mass is 19.4. The second-order valence-electron chi connectivity index (χ2n) is 6.92. The number of nitrogens with one attached hydrogen (secondary N) is 1. The molecule has 1 fully saturated rings. The molecule has 154 valence electrons. The van der Waals surface area contributed by atoms with Crippen LogP contribution in [0.4, 0.5) is 18.9 Å². The van der Waals surface area contributed by atoms with E-state index in [1.165, 1.54) is 4.90 Å². The van der Waals surface area contributed by atoms with Gasteiger partial charge in [-0.25, -0.2) is 0 Å². The standard InChI is InChI=1S/C20H20F3N3O3/c21-20(22,23)15-8-9-17(27)26(12-15)13-18(28)25-10-4-5-14(11-25)19(29)24-16-6-2-1-3-7-16/h1-3,6-9,12,14H,4-5,10-11,13H2,(H,24,29). The summed E-state index contributed by atoms with van der Waals surface area (Å²) in [5.41, 5.74) is -1.04. The van der Waals surface area contributed by atoms with Gasteiger partial charge in [-0.3, -0.25) is 14.4 Å². The lowest BCUT2D eigenvalue weighted by atomic mass is 9.97. The van der Waals surface area contributed by atoms with Crippen molar-refractivity contribution in [2.45, 2.75) is 25.6 Å². The lowest BCUT2D eigenvalue weighted by Crippen LogP contribution is -2.45. The predicted octanol–water partition coefficient (Wildman–Crippen LogP) is 2.74. The summed E-state index contributed by atoms with van der Waals surface area (Å²) < 4.78 is 39.3. The van der Waals surface area contributed by atoms with Crippen LogP contribution >= 0.6 is 0 Å².